The summed E-state index contributed by atoms with van der Waals surface area (Å²) in [5.41, 5.74) is 0.335. The molecule has 0 bridgehead atoms. The number of aliphatic hydroxyl groups is 1. The molecule has 1 aromatic rings. The lowest BCUT2D eigenvalue weighted by Crippen LogP contribution is -2.18. The molecule has 0 fully saturated rings. The van der Waals surface area contributed by atoms with E-state index in [1.54, 1.807) is 12.1 Å². The molecule has 0 heterocycles. The van der Waals surface area contributed by atoms with Crippen LogP contribution in [0.3, 0.4) is 0 Å². The zero-order chi connectivity index (χ0) is 14.1. The highest BCUT2D eigenvalue weighted by molar-refractivity contribution is 5.56. The Bertz CT molecular complexity index is 369. The van der Waals surface area contributed by atoms with E-state index in [0.29, 0.717) is 12.2 Å². The SMILES string of the molecule is OCCCCCCNc1ccccc1OC(F)(F)F. The fraction of sp³-hybridized carbons (Fsp3) is 0.538. The molecule has 6 heteroatoms. The summed E-state index contributed by atoms with van der Waals surface area (Å²) in [6.45, 7) is 0.749. The van der Waals surface area contributed by atoms with Gasteiger partial charge >= 0.3 is 6.36 Å². The van der Waals surface area contributed by atoms with Crippen molar-refractivity contribution in [2.45, 2.75) is 32.0 Å². The molecule has 3 nitrogen and oxygen atoms in total. The van der Waals surface area contributed by atoms with E-state index in [4.69, 9.17) is 5.11 Å². The van der Waals surface area contributed by atoms with Crippen LogP contribution in [0, 0.1) is 0 Å². The fourth-order valence-corrected chi connectivity index (χ4v) is 1.64. The molecule has 0 saturated heterocycles. The van der Waals surface area contributed by atoms with Crippen molar-refractivity contribution >= 4 is 5.69 Å². The van der Waals surface area contributed by atoms with Crippen LogP contribution in [0.2, 0.25) is 0 Å². The van der Waals surface area contributed by atoms with E-state index in [0.717, 1.165) is 25.7 Å². The van der Waals surface area contributed by atoms with Gasteiger partial charge in [-0.05, 0) is 25.0 Å². The van der Waals surface area contributed by atoms with Crippen LogP contribution in [0.4, 0.5) is 18.9 Å². The minimum Gasteiger partial charge on any atom is -0.404 e. The van der Waals surface area contributed by atoms with Crippen LogP contribution in [0.15, 0.2) is 24.3 Å². The molecule has 0 spiro atoms. The topological polar surface area (TPSA) is 41.5 Å². The summed E-state index contributed by atoms with van der Waals surface area (Å²) in [4.78, 5) is 0. The number of para-hydroxylation sites is 2. The van der Waals surface area contributed by atoms with E-state index >= 15 is 0 Å². The van der Waals surface area contributed by atoms with Crippen LogP contribution in [-0.4, -0.2) is 24.6 Å². The van der Waals surface area contributed by atoms with Crippen LogP contribution in [-0.2, 0) is 0 Å². The van der Waals surface area contributed by atoms with Gasteiger partial charge < -0.3 is 15.2 Å². The molecule has 0 unspecified atom stereocenters. The highest BCUT2D eigenvalue weighted by Crippen LogP contribution is 2.29. The third-order valence-electron chi connectivity index (χ3n) is 2.51. The van der Waals surface area contributed by atoms with E-state index in [1.807, 2.05) is 0 Å². The third-order valence-corrected chi connectivity index (χ3v) is 2.51. The number of anilines is 1. The summed E-state index contributed by atoms with van der Waals surface area (Å²) < 4.78 is 40.5. The van der Waals surface area contributed by atoms with Crippen molar-refractivity contribution in [1.82, 2.24) is 0 Å². The van der Waals surface area contributed by atoms with Crippen molar-refractivity contribution in [2.75, 3.05) is 18.5 Å². The molecule has 108 valence electrons. The quantitative estimate of drug-likeness (QED) is 0.714. The normalized spacial score (nSPS) is 11.4. The minimum absolute atomic E-state index is 0.176. The Kier molecular flexibility index (Phi) is 6.49. The van der Waals surface area contributed by atoms with E-state index in [9.17, 15) is 13.2 Å². The predicted molar refractivity (Wildman–Crippen MR) is 67.2 cm³/mol. The van der Waals surface area contributed by atoms with Gasteiger partial charge in [0.05, 0.1) is 5.69 Å². The monoisotopic (exact) mass is 277 g/mol. The number of alkyl halides is 3. The van der Waals surface area contributed by atoms with Crippen molar-refractivity contribution in [2.24, 2.45) is 0 Å². The minimum atomic E-state index is -4.68. The molecular formula is C13H18F3NO2. The highest BCUT2D eigenvalue weighted by Gasteiger charge is 2.31. The molecule has 0 aromatic heterocycles. The Morgan fingerprint density at radius 1 is 1.05 bits per heavy atom. The fourth-order valence-electron chi connectivity index (χ4n) is 1.64. The van der Waals surface area contributed by atoms with E-state index < -0.39 is 6.36 Å². The van der Waals surface area contributed by atoms with Crippen molar-refractivity contribution < 1.29 is 23.0 Å². The molecule has 0 aliphatic carbocycles. The van der Waals surface area contributed by atoms with E-state index in [1.165, 1.54) is 12.1 Å². The van der Waals surface area contributed by atoms with Gasteiger partial charge in [0.25, 0.3) is 0 Å². The van der Waals surface area contributed by atoms with E-state index in [-0.39, 0.29) is 12.4 Å². The van der Waals surface area contributed by atoms with Crippen molar-refractivity contribution in [3.05, 3.63) is 24.3 Å². The molecular weight excluding hydrogens is 259 g/mol. The average Bonchev–Trinajstić information content (AvgIpc) is 2.33. The van der Waals surface area contributed by atoms with Gasteiger partial charge in [0, 0.05) is 13.2 Å². The summed E-state index contributed by atoms with van der Waals surface area (Å²) in [5.74, 6) is -0.217. The van der Waals surface area contributed by atoms with Gasteiger partial charge in [0.2, 0.25) is 0 Å². The van der Waals surface area contributed by atoms with Gasteiger partial charge in [-0.3, -0.25) is 0 Å². The summed E-state index contributed by atoms with van der Waals surface area (Å²) in [6, 6.07) is 5.97. The number of halogens is 3. The Hall–Kier alpha value is -1.43. The maximum Gasteiger partial charge on any atom is 0.573 e. The van der Waals surface area contributed by atoms with Crippen LogP contribution >= 0.6 is 0 Å². The summed E-state index contributed by atoms with van der Waals surface area (Å²) in [7, 11) is 0. The molecule has 0 radical (unpaired) electrons. The van der Waals surface area contributed by atoms with Crippen LogP contribution in [0.1, 0.15) is 25.7 Å². The van der Waals surface area contributed by atoms with Crippen LogP contribution in [0.25, 0.3) is 0 Å². The summed E-state index contributed by atoms with van der Waals surface area (Å²) in [6.07, 6.45) is -1.25. The highest BCUT2D eigenvalue weighted by atomic mass is 19.4. The molecule has 2 N–H and O–H groups in total. The van der Waals surface area contributed by atoms with Gasteiger partial charge in [-0.2, -0.15) is 0 Å². The van der Waals surface area contributed by atoms with Crippen LogP contribution in [0.5, 0.6) is 5.75 Å². The number of aliphatic hydroxyl groups excluding tert-OH is 1. The second-order valence-electron chi connectivity index (χ2n) is 4.11. The van der Waals surface area contributed by atoms with Gasteiger partial charge in [0.15, 0.2) is 5.75 Å². The van der Waals surface area contributed by atoms with Gasteiger partial charge in [-0.15, -0.1) is 13.2 Å². The summed E-state index contributed by atoms with van der Waals surface area (Å²) >= 11 is 0. The smallest absolute Gasteiger partial charge is 0.404 e. The molecule has 0 saturated carbocycles. The number of hydrogen-bond acceptors (Lipinski definition) is 3. The number of ether oxygens (including phenoxy) is 1. The number of unbranched alkanes of at least 4 members (excludes halogenated alkanes) is 3. The lowest BCUT2D eigenvalue weighted by atomic mass is 10.2. The zero-order valence-corrected chi connectivity index (χ0v) is 10.5. The summed E-state index contributed by atoms with van der Waals surface area (Å²) in [5, 5.41) is 11.5. The van der Waals surface area contributed by atoms with Crippen molar-refractivity contribution in [1.29, 1.82) is 0 Å². The predicted octanol–water partition coefficient (Wildman–Crippen LogP) is 3.55. The third kappa shape index (κ3) is 6.91. The second kappa shape index (κ2) is 7.89. The number of hydrogen-bond donors (Lipinski definition) is 2. The first-order chi connectivity index (χ1) is 9.03. The maximum atomic E-state index is 12.2. The number of nitrogens with one attached hydrogen (secondary N) is 1. The first-order valence-electron chi connectivity index (χ1n) is 6.22. The van der Waals surface area contributed by atoms with Gasteiger partial charge in [-0.1, -0.05) is 25.0 Å². The Balaban J connectivity index is 2.40. The molecule has 19 heavy (non-hydrogen) atoms. The largest absolute Gasteiger partial charge is 0.573 e. The van der Waals surface area contributed by atoms with Crippen molar-refractivity contribution in [3.63, 3.8) is 0 Å². The standard InChI is InChI=1S/C13H18F3NO2/c14-13(15,16)19-12-8-4-3-7-11(12)17-9-5-1-2-6-10-18/h3-4,7-8,17-18H,1-2,5-6,9-10H2. The molecule has 1 aromatic carbocycles. The number of benzene rings is 1. The lowest BCUT2D eigenvalue weighted by Gasteiger charge is -2.14. The molecule has 0 atom stereocenters. The van der Waals surface area contributed by atoms with Crippen molar-refractivity contribution in [3.8, 4) is 5.75 Å². The lowest BCUT2D eigenvalue weighted by molar-refractivity contribution is -0.274. The van der Waals surface area contributed by atoms with Gasteiger partial charge in [0.1, 0.15) is 0 Å². The first kappa shape index (κ1) is 15.6. The molecule has 1 rings (SSSR count). The maximum absolute atomic E-state index is 12.2. The average molecular weight is 277 g/mol. The number of rotatable bonds is 8. The first-order valence-corrected chi connectivity index (χ1v) is 6.22. The Morgan fingerprint density at radius 3 is 2.42 bits per heavy atom. The Labute approximate surface area is 110 Å². The molecule has 0 amide bonds. The second-order valence-corrected chi connectivity index (χ2v) is 4.11. The van der Waals surface area contributed by atoms with Gasteiger partial charge in [-0.25, -0.2) is 0 Å². The Morgan fingerprint density at radius 2 is 1.74 bits per heavy atom. The molecule has 0 aliphatic heterocycles. The van der Waals surface area contributed by atoms with E-state index in [2.05, 4.69) is 10.1 Å². The van der Waals surface area contributed by atoms with Crippen LogP contribution < -0.4 is 10.1 Å². The molecule has 0 aliphatic rings. The zero-order valence-electron chi connectivity index (χ0n) is 10.5.